The van der Waals surface area contributed by atoms with Gasteiger partial charge < -0.3 is 15.0 Å². The summed E-state index contributed by atoms with van der Waals surface area (Å²) in [6, 6.07) is 21.6. The van der Waals surface area contributed by atoms with Gasteiger partial charge >= 0.3 is 0 Å². The number of nitrogens with one attached hydrogen (secondary N) is 1. The van der Waals surface area contributed by atoms with Crippen molar-refractivity contribution in [3.8, 4) is 5.75 Å². The van der Waals surface area contributed by atoms with E-state index in [1.807, 2.05) is 49.4 Å². The number of nitrogens with zero attached hydrogens (tertiary/aromatic N) is 2. The summed E-state index contributed by atoms with van der Waals surface area (Å²) >= 11 is 5.93. The number of hydrogen-bond acceptors (Lipinski definition) is 5. The van der Waals surface area contributed by atoms with Crippen LogP contribution in [0.2, 0.25) is 5.02 Å². The first-order chi connectivity index (χ1) is 19.1. The lowest BCUT2D eigenvalue weighted by atomic mass is 10.0. The van der Waals surface area contributed by atoms with Gasteiger partial charge in [0.25, 0.3) is 0 Å². The maximum absolute atomic E-state index is 13.9. The van der Waals surface area contributed by atoms with Crippen molar-refractivity contribution in [1.29, 1.82) is 0 Å². The van der Waals surface area contributed by atoms with Gasteiger partial charge in [0.1, 0.15) is 11.8 Å². The summed E-state index contributed by atoms with van der Waals surface area (Å²) < 4.78 is 32.8. The standard InChI is InChI=1S/C30H36ClN3O5S/c1-4-5-18-32-30(36)28(20-23-10-7-6-8-11-23)34(21-24-12-9-13-26(19-24)39-3)29(35)22-33(2)40(37,38)27-16-14-25(31)15-17-27/h6-17,19,28H,4-5,18,20-22H2,1-3H3,(H,32,36)/t28-/m1/s1. The van der Waals surface area contributed by atoms with Crippen molar-refractivity contribution in [3.05, 3.63) is 95.0 Å². The van der Waals surface area contributed by atoms with Gasteiger partial charge in [-0.2, -0.15) is 4.31 Å². The number of sulfonamides is 1. The number of amides is 2. The first kappa shape index (κ1) is 31.1. The van der Waals surface area contributed by atoms with E-state index in [1.54, 1.807) is 19.2 Å². The molecule has 8 nitrogen and oxygen atoms in total. The van der Waals surface area contributed by atoms with E-state index in [0.29, 0.717) is 17.3 Å². The van der Waals surface area contributed by atoms with Crippen LogP contribution in [0, 0.1) is 0 Å². The molecule has 0 fully saturated rings. The number of likely N-dealkylation sites (N-methyl/N-ethyl adjacent to an activating group) is 1. The lowest BCUT2D eigenvalue weighted by Gasteiger charge is -2.32. The molecule has 3 aromatic carbocycles. The van der Waals surface area contributed by atoms with Gasteiger partial charge in [-0.05, 0) is 53.9 Å². The Balaban J connectivity index is 1.97. The molecule has 0 radical (unpaired) electrons. The molecule has 3 rings (SSSR count). The van der Waals surface area contributed by atoms with Crippen molar-refractivity contribution in [2.75, 3.05) is 27.2 Å². The molecule has 0 heterocycles. The molecular formula is C30H36ClN3O5S. The average Bonchev–Trinajstić information content (AvgIpc) is 2.95. The number of carbonyl (C=O) groups is 2. The molecule has 0 spiro atoms. The Morgan fingerprint density at radius 1 is 0.975 bits per heavy atom. The second-order valence-corrected chi connectivity index (χ2v) is 11.9. The fraction of sp³-hybridized carbons (Fsp3) is 0.333. The van der Waals surface area contributed by atoms with Crippen molar-refractivity contribution in [2.24, 2.45) is 0 Å². The summed E-state index contributed by atoms with van der Waals surface area (Å²) in [5, 5.41) is 3.36. The van der Waals surface area contributed by atoms with Crippen LogP contribution in [0.25, 0.3) is 0 Å². The van der Waals surface area contributed by atoms with E-state index in [9.17, 15) is 18.0 Å². The summed E-state index contributed by atoms with van der Waals surface area (Å²) in [4.78, 5) is 28.9. The zero-order valence-corrected chi connectivity index (χ0v) is 24.6. The van der Waals surface area contributed by atoms with Crippen LogP contribution in [-0.2, 0) is 32.6 Å². The second-order valence-electron chi connectivity index (χ2n) is 9.44. The number of benzene rings is 3. The smallest absolute Gasteiger partial charge is 0.243 e. The Kier molecular flexibility index (Phi) is 11.5. The number of halogens is 1. The summed E-state index contributed by atoms with van der Waals surface area (Å²) in [6.45, 7) is 2.14. The Labute approximate surface area is 241 Å². The van der Waals surface area contributed by atoms with E-state index < -0.39 is 28.5 Å². The van der Waals surface area contributed by atoms with Crippen molar-refractivity contribution in [2.45, 2.75) is 43.7 Å². The molecule has 2 amide bonds. The van der Waals surface area contributed by atoms with Gasteiger partial charge in [0.15, 0.2) is 0 Å². The van der Waals surface area contributed by atoms with Crippen molar-refractivity contribution < 1.29 is 22.7 Å². The highest BCUT2D eigenvalue weighted by Gasteiger charge is 2.33. The summed E-state index contributed by atoms with van der Waals surface area (Å²) in [5.41, 5.74) is 1.62. The minimum absolute atomic E-state index is 0.0182. The molecule has 0 saturated heterocycles. The monoisotopic (exact) mass is 585 g/mol. The second kappa shape index (κ2) is 14.8. The van der Waals surface area contributed by atoms with Crippen molar-refractivity contribution >= 4 is 33.4 Å². The highest BCUT2D eigenvalue weighted by Crippen LogP contribution is 2.21. The van der Waals surface area contributed by atoms with Gasteiger partial charge in [0.05, 0.1) is 18.6 Å². The van der Waals surface area contributed by atoms with Crippen LogP contribution in [-0.4, -0.2) is 62.7 Å². The fourth-order valence-corrected chi connectivity index (χ4v) is 5.43. The Bertz CT molecular complexity index is 1370. The zero-order valence-electron chi connectivity index (χ0n) is 23.0. The SMILES string of the molecule is CCCCNC(=O)[C@@H](Cc1ccccc1)N(Cc1cccc(OC)c1)C(=O)CN(C)S(=O)(=O)c1ccc(Cl)cc1. The topological polar surface area (TPSA) is 96.0 Å². The maximum Gasteiger partial charge on any atom is 0.243 e. The average molecular weight is 586 g/mol. The lowest BCUT2D eigenvalue weighted by Crippen LogP contribution is -2.53. The van der Waals surface area contributed by atoms with E-state index in [4.69, 9.17) is 16.3 Å². The van der Waals surface area contributed by atoms with Gasteiger partial charge in [-0.1, -0.05) is 67.4 Å². The molecule has 1 N–H and O–H groups in total. The molecule has 3 aromatic rings. The van der Waals surface area contributed by atoms with Crippen LogP contribution in [0.5, 0.6) is 5.75 Å². The minimum atomic E-state index is -3.98. The zero-order chi connectivity index (χ0) is 29.1. The van der Waals surface area contributed by atoms with Crippen LogP contribution < -0.4 is 10.1 Å². The van der Waals surface area contributed by atoms with Gasteiger partial charge in [-0.3, -0.25) is 9.59 Å². The molecule has 0 unspecified atom stereocenters. The minimum Gasteiger partial charge on any atom is -0.497 e. The van der Waals surface area contributed by atoms with E-state index in [2.05, 4.69) is 5.32 Å². The number of carbonyl (C=O) groups excluding carboxylic acids is 2. The molecule has 214 valence electrons. The van der Waals surface area contributed by atoms with Crippen LogP contribution in [0.4, 0.5) is 0 Å². The number of hydrogen-bond donors (Lipinski definition) is 1. The largest absolute Gasteiger partial charge is 0.497 e. The molecule has 0 aromatic heterocycles. The van der Waals surface area contributed by atoms with Gasteiger partial charge in [0, 0.05) is 31.6 Å². The van der Waals surface area contributed by atoms with E-state index in [1.165, 1.54) is 36.2 Å². The van der Waals surface area contributed by atoms with Crippen molar-refractivity contribution in [1.82, 2.24) is 14.5 Å². The molecular weight excluding hydrogens is 550 g/mol. The lowest BCUT2D eigenvalue weighted by molar-refractivity contribution is -0.141. The van der Waals surface area contributed by atoms with E-state index in [0.717, 1.165) is 28.3 Å². The Morgan fingerprint density at radius 3 is 2.30 bits per heavy atom. The molecule has 1 atom stereocenters. The van der Waals surface area contributed by atoms with Gasteiger partial charge in [-0.15, -0.1) is 0 Å². The van der Waals surface area contributed by atoms with Gasteiger partial charge in [-0.25, -0.2) is 8.42 Å². The molecule has 0 aliphatic heterocycles. The van der Waals surface area contributed by atoms with E-state index >= 15 is 0 Å². The molecule has 0 bridgehead atoms. The van der Waals surface area contributed by atoms with Crippen LogP contribution in [0.3, 0.4) is 0 Å². The molecule has 0 aliphatic rings. The summed E-state index contributed by atoms with van der Waals surface area (Å²) in [5.74, 6) is -0.189. The van der Waals surface area contributed by atoms with Crippen LogP contribution in [0.15, 0.2) is 83.8 Å². The van der Waals surface area contributed by atoms with Crippen LogP contribution >= 0.6 is 11.6 Å². The highest BCUT2D eigenvalue weighted by atomic mass is 35.5. The number of unbranched alkanes of at least 4 members (excludes halogenated alkanes) is 1. The first-order valence-electron chi connectivity index (χ1n) is 13.1. The summed E-state index contributed by atoms with van der Waals surface area (Å²) in [7, 11) is -1.08. The Hall–Kier alpha value is -3.40. The highest BCUT2D eigenvalue weighted by molar-refractivity contribution is 7.89. The molecule has 10 heteroatoms. The summed E-state index contributed by atoms with van der Waals surface area (Å²) in [6.07, 6.45) is 1.97. The predicted octanol–water partition coefficient (Wildman–Crippen LogP) is 4.53. The first-order valence-corrected chi connectivity index (χ1v) is 14.9. The third-order valence-electron chi connectivity index (χ3n) is 6.47. The Morgan fingerprint density at radius 2 is 1.65 bits per heavy atom. The predicted molar refractivity (Wildman–Crippen MR) is 157 cm³/mol. The molecule has 0 saturated carbocycles. The number of methoxy groups -OCH3 is 1. The number of rotatable bonds is 14. The maximum atomic E-state index is 13.9. The molecule has 40 heavy (non-hydrogen) atoms. The normalized spacial score (nSPS) is 12.1. The third kappa shape index (κ3) is 8.55. The van der Waals surface area contributed by atoms with E-state index in [-0.39, 0.29) is 23.8 Å². The fourth-order valence-electron chi connectivity index (χ4n) is 4.18. The van der Waals surface area contributed by atoms with Crippen LogP contribution in [0.1, 0.15) is 30.9 Å². The van der Waals surface area contributed by atoms with Crippen molar-refractivity contribution in [3.63, 3.8) is 0 Å². The third-order valence-corrected chi connectivity index (χ3v) is 8.54. The molecule has 0 aliphatic carbocycles. The number of ether oxygens (including phenoxy) is 1. The quantitative estimate of drug-likeness (QED) is 0.281. The van der Waals surface area contributed by atoms with Gasteiger partial charge in [0.2, 0.25) is 21.8 Å².